The van der Waals surface area contributed by atoms with E-state index < -0.39 is 6.10 Å². The second-order valence-corrected chi connectivity index (χ2v) is 7.95. The van der Waals surface area contributed by atoms with E-state index in [1.807, 2.05) is 44.2 Å². The van der Waals surface area contributed by atoms with E-state index >= 15 is 0 Å². The number of aromatic nitrogens is 2. The maximum Gasteiger partial charge on any atom is 0.261 e. The zero-order valence-electron chi connectivity index (χ0n) is 16.4. The molecule has 29 heavy (non-hydrogen) atoms. The summed E-state index contributed by atoms with van der Waals surface area (Å²) in [5.41, 5.74) is 3.53. The summed E-state index contributed by atoms with van der Waals surface area (Å²) < 4.78 is 5.40. The Bertz CT molecular complexity index is 1160. The summed E-state index contributed by atoms with van der Waals surface area (Å²) in [6.07, 6.45) is 1.08. The molecule has 0 bridgehead atoms. The normalized spacial score (nSPS) is 12.3. The lowest BCUT2D eigenvalue weighted by Gasteiger charge is -2.08. The summed E-state index contributed by atoms with van der Waals surface area (Å²) in [5, 5.41) is 13.5. The molecule has 4 aromatic rings. The molecule has 0 aliphatic heterocycles. The lowest BCUT2D eigenvalue weighted by molar-refractivity contribution is 0.0954. The highest BCUT2D eigenvalue weighted by Crippen LogP contribution is 2.33. The number of benzene rings is 1. The van der Waals surface area contributed by atoms with Crippen LogP contribution in [0.1, 0.15) is 45.1 Å². The highest BCUT2D eigenvalue weighted by atomic mass is 32.1. The summed E-state index contributed by atoms with van der Waals surface area (Å²) in [7, 11) is 0. The summed E-state index contributed by atoms with van der Waals surface area (Å²) >= 11 is 1.36. The van der Waals surface area contributed by atoms with Crippen molar-refractivity contribution in [2.24, 2.45) is 0 Å². The van der Waals surface area contributed by atoms with Crippen molar-refractivity contribution in [3.8, 4) is 11.6 Å². The second kappa shape index (κ2) is 7.77. The van der Waals surface area contributed by atoms with Crippen LogP contribution in [0.25, 0.3) is 21.8 Å². The first kappa shape index (κ1) is 19.3. The maximum absolute atomic E-state index is 12.8. The van der Waals surface area contributed by atoms with Gasteiger partial charge in [0, 0.05) is 11.9 Å². The molecule has 3 heterocycles. The fourth-order valence-electron chi connectivity index (χ4n) is 3.25. The van der Waals surface area contributed by atoms with E-state index in [9.17, 15) is 9.90 Å². The van der Waals surface area contributed by atoms with Crippen LogP contribution in [0, 0.1) is 13.8 Å². The van der Waals surface area contributed by atoms with E-state index in [2.05, 4.69) is 15.3 Å². The van der Waals surface area contributed by atoms with Gasteiger partial charge in [-0.15, -0.1) is 11.3 Å². The Morgan fingerprint density at radius 2 is 1.97 bits per heavy atom. The molecule has 1 atom stereocenters. The van der Waals surface area contributed by atoms with Crippen molar-refractivity contribution in [1.29, 1.82) is 0 Å². The van der Waals surface area contributed by atoms with Gasteiger partial charge in [0.15, 0.2) is 11.6 Å². The zero-order valence-corrected chi connectivity index (χ0v) is 17.2. The van der Waals surface area contributed by atoms with Gasteiger partial charge in [-0.25, -0.2) is 9.97 Å². The van der Waals surface area contributed by atoms with Gasteiger partial charge in [-0.05, 0) is 49.6 Å². The number of hydrogen-bond donors (Lipinski definition) is 2. The number of thiophene rings is 1. The van der Waals surface area contributed by atoms with Crippen molar-refractivity contribution in [3.63, 3.8) is 0 Å². The van der Waals surface area contributed by atoms with Crippen molar-refractivity contribution in [1.82, 2.24) is 15.3 Å². The van der Waals surface area contributed by atoms with Crippen LogP contribution < -0.4 is 5.32 Å². The van der Waals surface area contributed by atoms with Crippen LogP contribution in [-0.4, -0.2) is 21.0 Å². The molecule has 0 spiro atoms. The fourth-order valence-corrected chi connectivity index (χ4v) is 4.40. The van der Waals surface area contributed by atoms with E-state index in [0.717, 1.165) is 32.6 Å². The molecule has 1 aromatic carbocycles. The third kappa shape index (κ3) is 3.79. The third-order valence-corrected chi connectivity index (χ3v) is 6.02. The molecule has 3 aromatic heterocycles. The number of aryl methyl sites for hydroxylation is 2. The minimum absolute atomic E-state index is 0.135. The van der Waals surface area contributed by atoms with Gasteiger partial charge in [0.2, 0.25) is 0 Å². The molecule has 6 nitrogen and oxygen atoms in total. The number of aliphatic hydroxyl groups is 1. The first-order valence-electron chi connectivity index (χ1n) is 9.30. The highest BCUT2D eigenvalue weighted by molar-refractivity contribution is 7.20. The van der Waals surface area contributed by atoms with E-state index in [1.165, 1.54) is 11.3 Å². The number of carbonyl (C=O) groups excluding carboxylic acids is 1. The molecule has 0 aliphatic rings. The maximum atomic E-state index is 12.8. The second-order valence-electron chi connectivity index (χ2n) is 6.95. The average molecular weight is 407 g/mol. The fraction of sp³-hybridized carbons (Fsp3) is 0.227. The number of nitrogens with one attached hydrogen (secondary N) is 1. The number of hydrogen-bond acceptors (Lipinski definition) is 6. The van der Waals surface area contributed by atoms with E-state index in [0.29, 0.717) is 23.0 Å². The van der Waals surface area contributed by atoms with Crippen LogP contribution in [0.4, 0.5) is 0 Å². The van der Waals surface area contributed by atoms with Gasteiger partial charge < -0.3 is 14.8 Å². The van der Waals surface area contributed by atoms with Gasteiger partial charge in [-0.1, -0.05) is 24.3 Å². The molecule has 2 N–H and O–H groups in total. The Kier molecular flexibility index (Phi) is 5.17. The van der Waals surface area contributed by atoms with Gasteiger partial charge in [-0.3, -0.25) is 4.79 Å². The minimum atomic E-state index is -0.504. The number of amides is 1. The molecule has 0 unspecified atom stereocenters. The first-order chi connectivity index (χ1) is 13.9. The predicted octanol–water partition coefficient (Wildman–Crippen LogP) is 4.55. The van der Waals surface area contributed by atoms with Gasteiger partial charge in [0.25, 0.3) is 5.91 Å². The van der Waals surface area contributed by atoms with E-state index in [1.54, 1.807) is 19.3 Å². The summed E-state index contributed by atoms with van der Waals surface area (Å²) in [5.74, 6) is 0.989. The summed E-state index contributed by atoms with van der Waals surface area (Å²) in [6, 6.07) is 11.2. The molecular weight excluding hydrogens is 386 g/mol. The molecule has 7 heteroatoms. The number of rotatable bonds is 5. The topological polar surface area (TPSA) is 88.2 Å². The lowest BCUT2D eigenvalue weighted by atomic mass is 10.1. The van der Waals surface area contributed by atoms with Crippen LogP contribution in [0.3, 0.4) is 0 Å². The molecule has 1 amide bonds. The van der Waals surface area contributed by atoms with Crippen molar-refractivity contribution in [2.45, 2.75) is 33.4 Å². The lowest BCUT2D eigenvalue weighted by Crippen LogP contribution is -2.22. The summed E-state index contributed by atoms with van der Waals surface area (Å²) in [6.45, 7) is 5.98. The monoisotopic (exact) mass is 407 g/mol. The standard InChI is InChI=1S/C22H21N3O3S/c1-12-18-13(2)24-20(17-5-4-10-28-17)25-22(18)29-19(12)21(27)23-11-15-6-8-16(9-7-15)14(3)26/h4-10,14,26H,11H2,1-3H3,(H,23,27)/t14-/m1/s1. The third-order valence-electron chi connectivity index (χ3n) is 4.83. The SMILES string of the molecule is Cc1nc(-c2ccco2)nc2sc(C(=O)NCc3ccc([C@@H](C)O)cc3)c(C)c12. The first-order valence-corrected chi connectivity index (χ1v) is 10.1. The Balaban J connectivity index is 1.57. The van der Waals surface area contributed by atoms with Crippen molar-refractivity contribution >= 4 is 27.5 Å². The van der Waals surface area contributed by atoms with Crippen molar-refractivity contribution in [3.05, 3.63) is 69.9 Å². The molecule has 0 radical (unpaired) electrons. The predicted molar refractivity (Wildman–Crippen MR) is 113 cm³/mol. The molecule has 0 saturated carbocycles. The van der Waals surface area contributed by atoms with E-state index in [4.69, 9.17) is 4.42 Å². The minimum Gasteiger partial charge on any atom is -0.461 e. The molecule has 0 aliphatic carbocycles. The number of aliphatic hydroxyl groups excluding tert-OH is 1. The smallest absolute Gasteiger partial charge is 0.261 e. The van der Waals surface area contributed by atoms with E-state index in [-0.39, 0.29) is 5.91 Å². The van der Waals surface area contributed by atoms with Gasteiger partial charge in [-0.2, -0.15) is 0 Å². The highest BCUT2D eigenvalue weighted by Gasteiger charge is 2.20. The Morgan fingerprint density at radius 1 is 1.21 bits per heavy atom. The van der Waals surface area contributed by atoms with Crippen LogP contribution in [0.2, 0.25) is 0 Å². The number of fused-ring (bicyclic) bond motifs is 1. The summed E-state index contributed by atoms with van der Waals surface area (Å²) in [4.78, 5) is 23.3. The zero-order chi connectivity index (χ0) is 20.5. The number of furan rings is 1. The molecule has 0 saturated heterocycles. The van der Waals surface area contributed by atoms with Gasteiger partial charge in [0.05, 0.1) is 22.9 Å². The quantitative estimate of drug-likeness (QED) is 0.507. The van der Waals surface area contributed by atoms with Gasteiger partial charge in [0.1, 0.15) is 4.83 Å². The molecule has 148 valence electrons. The van der Waals surface area contributed by atoms with Crippen LogP contribution >= 0.6 is 11.3 Å². The molecular formula is C22H21N3O3S. The largest absolute Gasteiger partial charge is 0.461 e. The Labute approximate surface area is 172 Å². The number of carbonyl (C=O) groups is 1. The van der Waals surface area contributed by atoms with Crippen molar-refractivity contribution < 1.29 is 14.3 Å². The molecule has 0 fully saturated rings. The molecule has 4 rings (SSSR count). The average Bonchev–Trinajstić information content (AvgIpc) is 3.35. The van der Waals surface area contributed by atoms with Crippen LogP contribution in [0.5, 0.6) is 0 Å². The van der Waals surface area contributed by atoms with Crippen LogP contribution in [-0.2, 0) is 6.54 Å². The number of nitrogens with zero attached hydrogens (tertiary/aromatic N) is 2. The van der Waals surface area contributed by atoms with Gasteiger partial charge >= 0.3 is 0 Å². The Hall–Kier alpha value is -3.03. The van der Waals surface area contributed by atoms with Crippen LogP contribution in [0.15, 0.2) is 47.1 Å². The van der Waals surface area contributed by atoms with Crippen molar-refractivity contribution in [2.75, 3.05) is 0 Å². The Morgan fingerprint density at radius 3 is 2.62 bits per heavy atom.